The molecule has 1 aromatic carbocycles. The van der Waals surface area contributed by atoms with Crippen LogP contribution in [0.15, 0.2) is 34.7 Å². The smallest absolute Gasteiger partial charge is 0.257 e. The number of amides is 1. The molecule has 25 heavy (non-hydrogen) atoms. The molecule has 10 heteroatoms. The van der Waals surface area contributed by atoms with Crippen LogP contribution in [0.2, 0.25) is 5.02 Å². The Morgan fingerprint density at radius 3 is 2.96 bits per heavy atom. The van der Waals surface area contributed by atoms with Gasteiger partial charge in [-0.15, -0.1) is 11.3 Å². The molecule has 0 radical (unpaired) electrons. The number of ether oxygens (including phenoxy) is 1. The van der Waals surface area contributed by atoms with Gasteiger partial charge in [0.15, 0.2) is 5.13 Å². The first-order valence-corrected chi connectivity index (χ1v) is 10.3. The molecular formula is C15H16ClN3O4S2. The molecule has 2 heterocycles. The summed E-state index contributed by atoms with van der Waals surface area (Å²) in [6.07, 6.45) is 3.16. The van der Waals surface area contributed by atoms with Crippen molar-refractivity contribution in [1.82, 2.24) is 9.71 Å². The maximum atomic E-state index is 12.5. The lowest BCUT2D eigenvalue weighted by Gasteiger charge is -2.13. The molecule has 1 aromatic heterocycles. The van der Waals surface area contributed by atoms with Gasteiger partial charge in [0.05, 0.1) is 11.1 Å². The average molecular weight is 402 g/mol. The fraction of sp³-hybridized carbons (Fsp3) is 0.333. The first-order chi connectivity index (χ1) is 12.0. The number of carbonyl (C=O) groups is 1. The van der Waals surface area contributed by atoms with E-state index >= 15 is 0 Å². The molecular weight excluding hydrogens is 386 g/mol. The minimum Gasteiger partial charge on any atom is -0.377 e. The summed E-state index contributed by atoms with van der Waals surface area (Å²) in [6, 6.07) is 4.10. The van der Waals surface area contributed by atoms with E-state index in [4.69, 9.17) is 16.3 Å². The second-order valence-corrected chi connectivity index (χ2v) is 8.46. The minimum absolute atomic E-state index is 0.0469. The number of hydrogen-bond acceptors (Lipinski definition) is 6. The van der Waals surface area contributed by atoms with Crippen molar-refractivity contribution in [1.29, 1.82) is 0 Å². The largest absolute Gasteiger partial charge is 0.377 e. The zero-order valence-corrected chi connectivity index (χ0v) is 15.5. The Kier molecular flexibility index (Phi) is 5.70. The van der Waals surface area contributed by atoms with Crippen molar-refractivity contribution in [3.63, 3.8) is 0 Å². The van der Waals surface area contributed by atoms with E-state index in [1.165, 1.54) is 29.5 Å². The van der Waals surface area contributed by atoms with E-state index < -0.39 is 15.9 Å². The van der Waals surface area contributed by atoms with Gasteiger partial charge in [0.2, 0.25) is 10.0 Å². The quantitative estimate of drug-likeness (QED) is 0.775. The zero-order valence-electron chi connectivity index (χ0n) is 13.1. The van der Waals surface area contributed by atoms with Gasteiger partial charge in [-0.05, 0) is 31.0 Å². The van der Waals surface area contributed by atoms with Crippen molar-refractivity contribution < 1.29 is 17.9 Å². The summed E-state index contributed by atoms with van der Waals surface area (Å²) >= 11 is 7.30. The predicted octanol–water partition coefficient (Wildman–Crippen LogP) is 2.51. The van der Waals surface area contributed by atoms with Crippen molar-refractivity contribution in [2.45, 2.75) is 23.8 Å². The third-order valence-electron chi connectivity index (χ3n) is 3.66. The fourth-order valence-electron chi connectivity index (χ4n) is 2.39. The molecule has 2 N–H and O–H groups in total. The Morgan fingerprint density at radius 2 is 2.28 bits per heavy atom. The van der Waals surface area contributed by atoms with Gasteiger partial charge in [-0.2, -0.15) is 0 Å². The van der Waals surface area contributed by atoms with Crippen LogP contribution in [0.4, 0.5) is 5.13 Å². The summed E-state index contributed by atoms with van der Waals surface area (Å²) < 4.78 is 32.9. The second-order valence-electron chi connectivity index (χ2n) is 5.42. The van der Waals surface area contributed by atoms with Crippen molar-refractivity contribution in [3.8, 4) is 0 Å². The maximum Gasteiger partial charge on any atom is 0.257 e. The molecule has 1 aliphatic rings. The Morgan fingerprint density at radius 1 is 1.44 bits per heavy atom. The molecule has 1 fully saturated rings. The standard InChI is InChI=1S/C15H16ClN3O4S2/c16-12-4-3-10(14(20)19-15-17-5-7-24-15)8-13(12)25(21,22)18-9-11-2-1-6-23-11/h3-5,7-8,11,18H,1-2,6,9H2,(H,17,19,20). The van der Waals surface area contributed by atoms with Crippen LogP contribution < -0.4 is 10.0 Å². The van der Waals surface area contributed by atoms with Crippen LogP contribution in [0.1, 0.15) is 23.2 Å². The summed E-state index contributed by atoms with van der Waals surface area (Å²) in [6.45, 7) is 0.813. The molecule has 0 saturated carbocycles. The highest BCUT2D eigenvalue weighted by Crippen LogP contribution is 2.24. The Bertz CT molecular complexity index is 850. The molecule has 0 spiro atoms. The van der Waals surface area contributed by atoms with E-state index in [1.54, 1.807) is 11.6 Å². The van der Waals surface area contributed by atoms with E-state index in [0.29, 0.717) is 11.7 Å². The molecule has 1 aliphatic heterocycles. The second kappa shape index (κ2) is 7.79. The summed E-state index contributed by atoms with van der Waals surface area (Å²) in [4.78, 5) is 16.1. The predicted molar refractivity (Wildman–Crippen MR) is 95.7 cm³/mol. The van der Waals surface area contributed by atoms with Crippen LogP contribution in [-0.4, -0.2) is 38.6 Å². The molecule has 7 nitrogen and oxygen atoms in total. The molecule has 1 unspecified atom stereocenters. The Hall–Kier alpha value is -1.52. The van der Waals surface area contributed by atoms with Crippen LogP contribution in [0.25, 0.3) is 0 Å². The van der Waals surface area contributed by atoms with Gasteiger partial charge < -0.3 is 4.74 Å². The van der Waals surface area contributed by atoms with Crippen molar-refractivity contribution >= 4 is 44.0 Å². The molecule has 1 amide bonds. The summed E-state index contributed by atoms with van der Waals surface area (Å²) in [7, 11) is -3.85. The highest BCUT2D eigenvalue weighted by atomic mass is 35.5. The third-order valence-corrected chi connectivity index (χ3v) is 6.25. The van der Waals surface area contributed by atoms with Crippen LogP contribution in [0.3, 0.4) is 0 Å². The number of nitrogens with zero attached hydrogens (tertiary/aromatic N) is 1. The Labute approximate surface area is 154 Å². The molecule has 3 rings (SSSR count). The number of rotatable bonds is 6. The van der Waals surface area contributed by atoms with Crippen molar-refractivity contribution in [2.24, 2.45) is 0 Å². The van der Waals surface area contributed by atoms with Crippen LogP contribution in [-0.2, 0) is 14.8 Å². The van der Waals surface area contributed by atoms with Gasteiger partial charge >= 0.3 is 0 Å². The topological polar surface area (TPSA) is 97.4 Å². The highest BCUT2D eigenvalue weighted by molar-refractivity contribution is 7.89. The number of benzene rings is 1. The van der Waals surface area contributed by atoms with Gasteiger partial charge in [0.1, 0.15) is 4.90 Å². The lowest BCUT2D eigenvalue weighted by molar-refractivity contribution is 0.102. The normalized spacial score (nSPS) is 17.6. The van der Waals surface area contributed by atoms with Gasteiger partial charge in [-0.1, -0.05) is 11.6 Å². The van der Waals surface area contributed by atoms with E-state index in [2.05, 4.69) is 15.0 Å². The lowest BCUT2D eigenvalue weighted by atomic mass is 10.2. The van der Waals surface area contributed by atoms with Gasteiger partial charge in [0.25, 0.3) is 5.91 Å². The summed E-state index contributed by atoms with van der Waals surface area (Å²) in [5.74, 6) is -0.456. The highest BCUT2D eigenvalue weighted by Gasteiger charge is 2.23. The van der Waals surface area contributed by atoms with Gasteiger partial charge in [-0.3, -0.25) is 10.1 Å². The molecule has 1 saturated heterocycles. The monoisotopic (exact) mass is 401 g/mol. The number of carbonyl (C=O) groups excluding carboxylic acids is 1. The molecule has 0 aliphatic carbocycles. The van der Waals surface area contributed by atoms with E-state index in [9.17, 15) is 13.2 Å². The van der Waals surface area contributed by atoms with Crippen LogP contribution >= 0.6 is 22.9 Å². The minimum atomic E-state index is -3.85. The van der Waals surface area contributed by atoms with E-state index in [0.717, 1.165) is 12.8 Å². The van der Waals surface area contributed by atoms with Gasteiger partial charge in [0, 0.05) is 30.3 Å². The number of nitrogens with one attached hydrogen (secondary N) is 2. The summed E-state index contributed by atoms with van der Waals surface area (Å²) in [5, 5.41) is 4.81. The number of halogens is 1. The molecule has 2 aromatic rings. The molecule has 134 valence electrons. The average Bonchev–Trinajstić information content (AvgIpc) is 3.27. The zero-order chi connectivity index (χ0) is 17.9. The number of sulfonamides is 1. The summed E-state index contributed by atoms with van der Waals surface area (Å²) in [5.41, 5.74) is 0.178. The first-order valence-electron chi connectivity index (χ1n) is 7.57. The first kappa shape index (κ1) is 18.3. The van der Waals surface area contributed by atoms with Gasteiger partial charge in [-0.25, -0.2) is 18.1 Å². The molecule has 1 atom stereocenters. The van der Waals surface area contributed by atoms with E-state index in [1.807, 2.05) is 0 Å². The maximum absolute atomic E-state index is 12.5. The number of thiazole rings is 1. The third kappa shape index (κ3) is 4.56. The SMILES string of the molecule is O=C(Nc1nccs1)c1ccc(Cl)c(S(=O)(=O)NCC2CCCO2)c1. The number of anilines is 1. The van der Waals surface area contributed by atoms with Crippen LogP contribution in [0, 0.1) is 0 Å². The number of hydrogen-bond donors (Lipinski definition) is 2. The van der Waals surface area contributed by atoms with Crippen molar-refractivity contribution in [3.05, 3.63) is 40.4 Å². The number of aromatic nitrogens is 1. The van der Waals surface area contributed by atoms with E-state index in [-0.39, 0.29) is 28.1 Å². The molecule has 0 bridgehead atoms. The lowest BCUT2D eigenvalue weighted by Crippen LogP contribution is -2.32. The van der Waals surface area contributed by atoms with Crippen molar-refractivity contribution in [2.75, 3.05) is 18.5 Å². The fourth-order valence-corrected chi connectivity index (χ4v) is 4.50. The van der Waals surface area contributed by atoms with Crippen LogP contribution in [0.5, 0.6) is 0 Å². The Balaban J connectivity index is 1.76.